The van der Waals surface area contributed by atoms with E-state index in [-0.39, 0.29) is 0 Å². The van der Waals surface area contributed by atoms with Crippen molar-refractivity contribution >= 4 is 0 Å². The molecule has 0 aromatic rings. The van der Waals surface area contributed by atoms with Gasteiger partial charge in [-0.2, -0.15) is 0 Å². The Kier molecular flexibility index (Phi) is 1.46. The Bertz CT molecular complexity index is 129. The maximum Gasteiger partial charge on any atom is 0.0465 e. The molecule has 2 unspecified atom stereocenters. The summed E-state index contributed by atoms with van der Waals surface area (Å²) >= 11 is 0. The predicted octanol–water partition coefficient (Wildman–Crippen LogP) is 0.368. The van der Waals surface area contributed by atoms with Crippen LogP contribution in [0.5, 0.6) is 0 Å². The molecule has 0 bridgehead atoms. The fourth-order valence-corrected chi connectivity index (χ4v) is 2.20. The minimum atomic E-state index is 0.404. The molecule has 0 aromatic heterocycles. The SMILES string of the molecule is OCC1CC12CCCNC2. The Balaban J connectivity index is 1.92. The Hall–Kier alpha value is -0.0800. The van der Waals surface area contributed by atoms with Crippen LogP contribution in [-0.2, 0) is 0 Å². The highest BCUT2D eigenvalue weighted by Gasteiger charge is 2.53. The summed E-state index contributed by atoms with van der Waals surface area (Å²) < 4.78 is 0. The van der Waals surface area contributed by atoms with E-state index in [1.54, 1.807) is 0 Å². The normalized spacial score (nSPS) is 45.9. The Morgan fingerprint density at radius 2 is 2.50 bits per heavy atom. The quantitative estimate of drug-likeness (QED) is 0.553. The van der Waals surface area contributed by atoms with Crippen LogP contribution in [-0.4, -0.2) is 24.8 Å². The second-order valence-corrected chi connectivity index (χ2v) is 3.73. The van der Waals surface area contributed by atoms with E-state index >= 15 is 0 Å². The van der Waals surface area contributed by atoms with Crippen LogP contribution >= 0.6 is 0 Å². The number of hydrogen-bond acceptors (Lipinski definition) is 2. The first-order chi connectivity index (χ1) is 4.87. The number of aliphatic hydroxyl groups is 1. The molecule has 0 aromatic carbocycles. The van der Waals surface area contributed by atoms with Gasteiger partial charge in [0.25, 0.3) is 0 Å². The molecule has 0 amide bonds. The zero-order valence-corrected chi connectivity index (χ0v) is 6.27. The molecule has 1 spiro atoms. The van der Waals surface area contributed by atoms with Gasteiger partial charge in [-0.05, 0) is 37.1 Å². The summed E-state index contributed by atoms with van der Waals surface area (Å²) in [6.07, 6.45) is 3.90. The Morgan fingerprint density at radius 1 is 1.60 bits per heavy atom. The molecule has 1 saturated carbocycles. The predicted molar refractivity (Wildman–Crippen MR) is 39.7 cm³/mol. The highest BCUT2D eigenvalue weighted by atomic mass is 16.3. The van der Waals surface area contributed by atoms with Crippen molar-refractivity contribution in [2.75, 3.05) is 19.7 Å². The molecule has 1 aliphatic carbocycles. The van der Waals surface area contributed by atoms with Crippen molar-refractivity contribution in [3.05, 3.63) is 0 Å². The van der Waals surface area contributed by atoms with Gasteiger partial charge in [0.1, 0.15) is 0 Å². The zero-order valence-electron chi connectivity index (χ0n) is 6.27. The first-order valence-electron chi connectivity index (χ1n) is 4.19. The van der Waals surface area contributed by atoms with Crippen molar-refractivity contribution < 1.29 is 5.11 Å². The molecule has 2 aliphatic rings. The number of aliphatic hydroxyl groups excluding tert-OH is 1. The van der Waals surface area contributed by atoms with Gasteiger partial charge in [-0.3, -0.25) is 0 Å². The molecule has 2 N–H and O–H groups in total. The van der Waals surface area contributed by atoms with Crippen LogP contribution in [0, 0.1) is 11.3 Å². The van der Waals surface area contributed by atoms with Gasteiger partial charge in [-0.25, -0.2) is 0 Å². The van der Waals surface area contributed by atoms with Gasteiger partial charge in [0.2, 0.25) is 0 Å². The third kappa shape index (κ3) is 0.867. The Morgan fingerprint density at radius 3 is 3.00 bits per heavy atom. The van der Waals surface area contributed by atoms with E-state index in [1.807, 2.05) is 0 Å². The lowest BCUT2D eigenvalue weighted by Gasteiger charge is -2.23. The lowest BCUT2D eigenvalue weighted by atomic mass is 9.94. The van der Waals surface area contributed by atoms with E-state index in [4.69, 9.17) is 5.11 Å². The van der Waals surface area contributed by atoms with Crippen LogP contribution in [0.4, 0.5) is 0 Å². The summed E-state index contributed by atoms with van der Waals surface area (Å²) in [7, 11) is 0. The lowest BCUT2D eigenvalue weighted by molar-refractivity contribution is 0.229. The van der Waals surface area contributed by atoms with Crippen molar-refractivity contribution in [2.45, 2.75) is 19.3 Å². The smallest absolute Gasteiger partial charge is 0.0465 e. The topological polar surface area (TPSA) is 32.3 Å². The van der Waals surface area contributed by atoms with Gasteiger partial charge < -0.3 is 10.4 Å². The fraction of sp³-hybridized carbons (Fsp3) is 1.00. The number of hydrogen-bond donors (Lipinski definition) is 2. The van der Waals surface area contributed by atoms with Crippen molar-refractivity contribution in [1.29, 1.82) is 0 Å². The van der Waals surface area contributed by atoms with Crippen LogP contribution in [0.2, 0.25) is 0 Å². The van der Waals surface area contributed by atoms with Crippen molar-refractivity contribution in [1.82, 2.24) is 5.32 Å². The third-order valence-electron chi connectivity index (χ3n) is 3.08. The van der Waals surface area contributed by atoms with Crippen LogP contribution in [0.3, 0.4) is 0 Å². The molecule has 58 valence electrons. The van der Waals surface area contributed by atoms with Crippen molar-refractivity contribution in [2.24, 2.45) is 11.3 Å². The van der Waals surface area contributed by atoms with Gasteiger partial charge in [0.05, 0.1) is 0 Å². The molecule has 1 aliphatic heterocycles. The fourth-order valence-electron chi connectivity index (χ4n) is 2.20. The molecule has 2 heteroatoms. The van der Waals surface area contributed by atoms with Crippen molar-refractivity contribution in [3.8, 4) is 0 Å². The zero-order chi connectivity index (χ0) is 7.03. The summed E-state index contributed by atoms with van der Waals surface area (Å²) in [5.41, 5.74) is 0.535. The molecular formula is C8H15NO. The second kappa shape index (κ2) is 2.21. The molecular weight excluding hydrogens is 126 g/mol. The Labute approximate surface area is 61.6 Å². The van der Waals surface area contributed by atoms with E-state index in [2.05, 4.69) is 5.32 Å². The highest BCUT2D eigenvalue weighted by Crippen LogP contribution is 2.55. The van der Waals surface area contributed by atoms with E-state index in [9.17, 15) is 0 Å². The third-order valence-corrected chi connectivity index (χ3v) is 3.08. The molecule has 1 heterocycles. The van der Waals surface area contributed by atoms with Gasteiger partial charge >= 0.3 is 0 Å². The van der Waals surface area contributed by atoms with Gasteiger partial charge in [-0.1, -0.05) is 0 Å². The summed E-state index contributed by atoms with van der Waals surface area (Å²) in [6.45, 7) is 2.74. The molecule has 2 atom stereocenters. The van der Waals surface area contributed by atoms with Crippen molar-refractivity contribution in [3.63, 3.8) is 0 Å². The van der Waals surface area contributed by atoms with Crippen LogP contribution in [0.15, 0.2) is 0 Å². The van der Waals surface area contributed by atoms with E-state index < -0.39 is 0 Å². The van der Waals surface area contributed by atoms with Gasteiger partial charge in [0.15, 0.2) is 0 Å². The summed E-state index contributed by atoms with van der Waals surface area (Å²) in [5.74, 6) is 0.625. The molecule has 1 saturated heterocycles. The van der Waals surface area contributed by atoms with Crippen LogP contribution in [0.1, 0.15) is 19.3 Å². The first kappa shape index (κ1) is 6.62. The summed E-state index contributed by atoms with van der Waals surface area (Å²) in [5, 5.41) is 12.3. The van der Waals surface area contributed by atoms with Gasteiger partial charge in [-0.15, -0.1) is 0 Å². The monoisotopic (exact) mass is 141 g/mol. The maximum absolute atomic E-state index is 8.90. The average molecular weight is 141 g/mol. The minimum Gasteiger partial charge on any atom is -0.396 e. The molecule has 2 fully saturated rings. The van der Waals surface area contributed by atoms with Crippen LogP contribution in [0.25, 0.3) is 0 Å². The maximum atomic E-state index is 8.90. The molecule has 0 radical (unpaired) electrons. The molecule has 2 nitrogen and oxygen atoms in total. The lowest BCUT2D eigenvalue weighted by Crippen LogP contribution is -2.32. The largest absolute Gasteiger partial charge is 0.396 e. The summed E-state index contributed by atoms with van der Waals surface area (Å²) in [6, 6.07) is 0. The standard InChI is InChI=1S/C8H15NO/c10-5-7-4-8(7)2-1-3-9-6-8/h7,9-10H,1-6H2. The van der Waals surface area contributed by atoms with E-state index in [1.165, 1.54) is 25.8 Å². The average Bonchev–Trinajstić information content (AvgIpc) is 2.65. The van der Waals surface area contributed by atoms with E-state index in [0.717, 1.165) is 6.54 Å². The number of piperidine rings is 1. The minimum absolute atomic E-state index is 0.404. The number of rotatable bonds is 1. The van der Waals surface area contributed by atoms with E-state index in [0.29, 0.717) is 17.9 Å². The van der Waals surface area contributed by atoms with Crippen LogP contribution < -0.4 is 5.32 Å². The van der Waals surface area contributed by atoms with Gasteiger partial charge in [0, 0.05) is 13.2 Å². The molecule has 2 rings (SSSR count). The molecule has 10 heavy (non-hydrogen) atoms. The summed E-state index contributed by atoms with van der Waals surface area (Å²) in [4.78, 5) is 0. The number of nitrogens with one attached hydrogen (secondary N) is 1. The highest BCUT2D eigenvalue weighted by molar-refractivity contribution is 5.04. The first-order valence-corrected chi connectivity index (χ1v) is 4.19. The second-order valence-electron chi connectivity index (χ2n) is 3.73.